The van der Waals surface area contributed by atoms with E-state index in [0.717, 1.165) is 11.5 Å². The molecule has 0 saturated carbocycles. The van der Waals surface area contributed by atoms with E-state index >= 15 is 0 Å². The Morgan fingerprint density at radius 3 is 2.82 bits per heavy atom. The van der Waals surface area contributed by atoms with Crippen molar-refractivity contribution in [3.63, 3.8) is 0 Å². The van der Waals surface area contributed by atoms with E-state index in [-0.39, 0.29) is 6.92 Å². The Kier molecular flexibility index (Phi) is 1.49. The maximum absolute atomic E-state index is 5.51. The Labute approximate surface area is 66.2 Å². The van der Waals surface area contributed by atoms with E-state index in [1.807, 2.05) is 31.1 Å². The van der Waals surface area contributed by atoms with E-state index in [1.165, 1.54) is 0 Å². The molecule has 0 N–H and O–H groups in total. The van der Waals surface area contributed by atoms with Gasteiger partial charge in [-0.15, -0.1) is 0 Å². The minimum atomic E-state index is 0.171. The van der Waals surface area contributed by atoms with E-state index in [1.54, 1.807) is 0 Å². The molecule has 1 aliphatic heterocycles. The largest absolute Gasteiger partial charge is 0.555 e. The number of rotatable bonds is 0. The quantitative estimate of drug-likeness (QED) is 0.520. The molecule has 0 aliphatic carbocycles. The summed E-state index contributed by atoms with van der Waals surface area (Å²) in [5.74, 6) is 1.71. The summed E-state index contributed by atoms with van der Waals surface area (Å²) in [6, 6.07) is 7.73. The van der Waals surface area contributed by atoms with Crippen molar-refractivity contribution in [2.45, 2.75) is 6.82 Å². The van der Waals surface area contributed by atoms with E-state index in [0.29, 0.717) is 6.51 Å². The zero-order valence-corrected chi connectivity index (χ0v) is 6.41. The van der Waals surface area contributed by atoms with Gasteiger partial charge in [0, 0.05) is 0 Å². The lowest BCUT2D eigenvalue weighted by molar-refractivity contribution is 0.321. The molecule has 0 unspecified atom stereocenters. The van der Waals surface area contributed by atoms with Gasteiger partial charge in [-0.1, -0.05) is 12.1 Å². The molecule has 0 saturated heterocycles. The highest BCUT2D eigenvalue weighted by atomic mass is 16.5. The number of hydrogen-bond donors (Lipinski definition) is 0. The maximum Gasteiger partial charge on any atom is 0.392 e. The molecule has 56 valence electrons. The summed E-state index contributed by atoms with van der Waals surface area (Å²) in [6.07, 6.45) is 0. The van der Waals surface area contributed by atoms with Crippen LogP contribution in [0.2, 0.25) is 6.82 Å². The fraction of sp³-hybridized carbons (Fsp3) is 0.250. The van der Waals surface area contributed by atoms with Gasteiger partial charge in [0.25, 0.3) is 0 Å². The first-order chi connectivity index (χ1) is 5.36. The van der Waals surface area contributed by atoms with Gasteiger partial charge in [-0.2, -0.15) is 0 Å². The van der Waals surface area contributed by atoms with Crippen molar-refractivity contribution in [3.05, 3.63) is 24.3 Å². The van der Waals surface area contributed by atoms with Crippen molar-refractivity contribution in [1.29, 1.82) is 0 Å². The third-order valence-electron chi connectivity index (χ3n) is 1.65. The minimum absolute atomic E-state index is 0.171. The summed E-state index contributed by atoms with van der Waals surface area (Å²) in [6.45, 7) is 2.82. The van der Waals surface area contributed by atoms with E-state index in [2.05, 4.69) is 0 Å². The Hall–Kier alpha value is -1.12. The van der Waals surface area contributed by atoms with Crippen molar-refractivity contribution >= 4 is 6.92 Å². The molecule has 2 nitrogen and oxygen atoms in total. The lowest BCUT2D eigenvalue weighted by atomic mass is 9.72. The molecule has 1 aromatic carbocycles. The molecule has 2 rings (SSSR count). The van der Waals surface area contributed by atoms with Gasteiger partial charge >= 0.3 is 6.92 Å². The summed E-state index contributed by atoms with van der Waals surface area (Å²) in [7, 11) is 0. The molecule has 0 spiro atoms. The number of hydrogen-bond acceptors (Lipinski definition) is 2. The van der Waals surface area contributed by atoms with Gasteiger partial charge in [0.1, 0.15) is 12.3 Å². The van der Waals surface area contributed by atoms with Crippen LogP contribution in [0, 0.1) is 0 Å². The maximum atomic E-state index is 5.51. The summed E-state index contributed by atoms with van der Waals surface area (Å²) < 4.78 is 10.9. The van der Waals surface area contributed by atoms with Crippen molar-refractivity contribution in [2.24, 2.45) is 0 Å². The first-order valence-electron chi connectivity index (χ1n) is 3.75. The zero-order valence-electron chi connectivity index (χ0n) is 6.41. The lowest BCUT2D eigenvalue weighted by Crippen LogP contribution is -2.30. The fourth-order valence-electron chi connectivity index (χ4n) is 1.12. The van der Waals surface area contributed by atoms with Gasteiger partial charge in [-0.3, -0.25) is 0 Å². The fourth-order valence-corrected chi connectivity index (χ4v) is 1.12. The van der Waals surface area contributed by atoms with Crippen molar-refractivity contribution in [3.8, 4) is 11.5 Å². The number of fused-ring (bicyclic) bond motifs is 1. The molecule has 0 fully saturated rings. The summed E-state index contributed by atoms with van der Waals surface area (Å²) in [5.41, 5.74) is 0. The average molecular weight is 148 g/mol. The Morgan fingerprint density at radius 1 is 1.27 bits per heavy atom. The SMILES string of the molecule is CB1COc2ccccc2O1. The smallest absolute Gasteiger partial charge is 0.392 e. The highest BCUT2D eigenvalue weighted by Crippen LogP contribution is 2.29. The van der Waals surface area contributed by atoms with Crippen molar-refractivity contribution in [2.75, 3.05) is 6.51 Å². The van der Waals surface area contributed by atoms with Crippen LogP contribution in [0.25, 0.3) is 0 Å². The first-order valence-corrected chi connectivity index (χ1v) is 3.75. The van der Waals surface area contributed by atoms with Gasteiger partial charge in [0.15, 0.2) is 5.75 Å². The second-order valence-electron chi connectivity index (χ2n) is 2.69. The van der Waals surface area contributed by atoms with Crippen LogP contribution < -0.4 is 9.39 Å². The normalized spacial score (nSPS) is 14.8. The van der Waals surface area contributed by atoms with E-state index < -0.39 is 0 Å². The predicted octanol–water partition coefficient (Wildman–Crippen LogP) is 1.62. The van der Waals surface area contributed by atoms with E-state index in [4.69, 9.17) is 9.39 Å². The third kappa shape index (κ3) is 1.18. The molecule has 1 aromatic rings. The molecule has 0 aromatic heterocycles. The number of para-hydroxylation sites is 2. The highest BCUT2D eigenvalue weighted by Gasteiger charge is 2.19. The van der Waals surface area contributed by atoms with Gasteiger partial charge in [-0.25, -0.2) is 0 Å². The monoisotopic (exact) mass is 148 g/mol. The number of benzene rings is 1. The van der Waals surface area contributed by atoms with Gasteiger partial charge < -0.3 is 9.39 Å². The predicted molar refractivity (Wildman–Crippen MR) is 44.2 cm³/mol. The van der Waals surface area contributed by atoms with Crippen LogP contribution in [-0.4, -0.2) is 13.4 Å². The highest BCUT2D eigenvalue weighted by molar-refractivity contribution is 6.51. The van der Waals surface area contributed by atoms with Gasteiger partial charge in [0.05, 0.1) is 0 Å². The molecule has 11 heavy (non-hydrogen) atoms. The van der Waals surface area contributed by atoms with Gasteiger partial charge in [-0.05, 0) is 19.0 Å². The van der Waals surface area contributed by atoms with Crippen LogP contribution in [0.15, 0.2) is 24.3 Å². The molecule has 3 heteroatoms. The van der Waals surface area contributed by atoms with Crippen LogP contribution in [-0.2, 0) is 0 Å². The topological polar surface area (TPSA) is 18.5 Å². The Morgan fingerprint density at radius 2 is 2.00 bits per heavy atom. The summed E-state index contributed by atoms with van der Waals surface area (Å²) in [4.78, 5) is 0. The molecule has 0 amide bonds. The lowest BCUT2D eigenvalue weighted by Gasteiger charge is -2.21. The minimum Gasteiger partial charge on any atom is -0.555 e. The molecular formula is C8H9BO2. The Bertz CT molecular complexity index is 262. The Balaban J connectivity index is 2.34. The molecular weight excluding hydrogens is 139 g/mol. The van der Waals surface area contributed by atoms with Crippen LogP contribution >= 0.6 is 0 Å². The molecule has 0 atom stereocenters. The third-order valence-corrected chi connectivity index (χ3v) is 1.65. The molecule has 0 bridgehead atoms. The average Bonchev–Trinajstić information content (AvgIpc) is 2.04. The second-order valence-corrected chi connectivity index (χ2v) is 2.69. The second kappa shape index (κ2) is 2.49. The molecule has 1 heterocycles. The summed E-state index contributed by atoms with van der Waals surface area (Å²) >= 11 is 0. The molecule has 0 radical (unpaired) electrons. The van der Waals surface area contributed by atoms with Crippen LogP contribution in [0.3, 0.4) is 0 Å². The first kappa shape index (κ1) is 6.59. The van der Waals surface area contributed by atoms with Crippen molar-refractivity contribution in [1.82, 2.24) is 0 Å². The molecule has 1 aliphatic rings. The number of ether oxygens (including phenoxy) is 1. The van der Waals surface area contributed by atoms with Crippen LogP contribution in [0.1, 0.15) is 0 Å². The standard InChI is InChI=1S/C8H9BO2/c1-9-6-10-7-4-2-3-5-8(7)11-9/h2-5H,6H2,1H3. The summed E-state index contributed by atoms with van der Waals surface area (Å²) in [5, 5.41) is 0. The van der Waals surface area contributed by atoms with E-state index in [9.17, 15) is 0 Å². The van der Waals surface area contributed by atoms with Crippen LogP contribution in [0.4, 0.5) is 0 Å². The van der Waals surface area contributed by atoms with Crippen molar-refractivity contribution < 1.29 is 9.39 Å². The van der Waals surface area contributed by atoms with Gasteiger partial charge in [0.2, 0.25) is 0 Å². The zero-order chi connectivity index (χ0) is 7.68. The van der Waals surface area contributed by atoms with Crippen LogP contribution in [0.5, 0.6) is 11.5 Å².